The first kappa shape index (κ1) is 19.3. The first-order valence-electron chi connectivity index (χ1n) is 10.1. The molecule has 1 aromatic carbocycles. The highest BCUT2D eigenvalue weighted by molar-refractivity contribution is 5.88. The number of hydrogen-bond acceptors (Lipinski definition) is 4. The molecule has 0 saturated heterocycles. The molecule has 1 aliphatic heterocycles. The fourth-order valence-electron chi connectivity index (χ4n) is 3.51. The standard InChI is InChI=1S/C23H27N3O3/c1-23(2,3)29-22(27)26-13-4-5-16-6-7-18(25-21(16)26)11-14-28-19-8-9-20-17(15-19)10-12-24-20/h6-10,12,15,24H,4-5,11,13-14H2,1-3H3. The van der Waals surface area contributed by atoms with Crippen LogP contribution in [0.2, 0.25) is 0 Å². The van der Waals surface area contributed by atoms with E-state index in [1.54, 1.807) is 4.90 Å². The van der Waals surface area contributed by atoms with Crippen LogP contribution in [0.25, 0.3) is 10.9 Å². The number of H-pyrrole nitrogens is 1. The van der Waals surface area contributed by atoms with Crippen LogP contribution in [0, 0.1) is 0 Å². The Morgan fingerprint density at radius 3 is 2.90 bits per heavy atom. The summed E-state index contributed by atoms with van der Waals surface area (Å²) in [7, 11) is 0. The van der Waals surface area contributed by atoms with E-state index in [9.17, 15) is 4.79 Å². The molecule has 3 heterocycles. The number of rotatable bonds is 4. The van der Waals surface area contributed by atoms with Gasteiger partial charge in [0.1, 0.15) is 17.2 Å². The molecule has 0 bridgehead atoms. The fraction of sp³-hybridized carbons (Fsp3) is 0.391. The van der Waals surface area contributed by atoms with E-state index in [1.165, 1.54) is 0 Å². The molecule has 0 fully saturated rings. The maximum Gasteiger partial charge on any atom is 0.416 e. The summed E-state index contributed by atoms with van der Waals surface area (Å²) in [6, 6.07) is 12.1. The zero-order valence-electron chi connectivity index (χ0n) is 17.2. The number of carbonyl (C=O) groups is 1. The van der Waals surface area contributed by atoms with E-state index >= 15 is 0 Å². The number of amides is 1. The van der Waals surface area contributed by atoms with Gasteiger partial charge in [0.2, 0.25) is 0 Å². The number of ether oxygens (including phenoxy) is 2. The normalized spacial score (nSPS) is 14.0. The number of carbonyl (C=O) groups excluding carboxylic acids is 1. The van der Waals surface area contributed by atoms with E-state index in [0.717, 1.165) is 46.6 Å². The maximum atomic E-state index is 12.6. The molecule has 1 amide bonds. The van der Waals surface area contributed by atoms with Gasteiger partial charge in [0.05, 0.1) is 6.61 Å². The summed E-state index contributed by atoms with van der Waals surface area (Å²) in [6.45, 7) is 6.78. The summed E-state index contributed by atoms with van der Waals surface area (Å²) in [6.07, 6.45) is 4.09. The highest BCUT2D eigenvalue weighted by Crippen LogP contribution is 2.27. The number of hydrogen-bond donors (Lipinski definition) is 1. The predicted octanol–water partition coefficient (Wildman–Crippen LogP) is 4.87. The van der Waals surface area contributed by atoms with Gasteiger partial charge in [0.15, 0.2) is 0 Å². The average Bonchev–Trinajstić information content (AvgIpc) is 3.14. The third-order valence-corrected chi connectivity index (χ3v) is 4.86. The minimum atomic E-state index is -0.527. The highest BCUT2D eigenvalue weighted by atomic mass is 16.6. The summed E-state index contributed by atoms with van der Waals surface area (Å²) in [4.78, 5) is 22.2. The van der Waals surface area contributed by atoms with Crippen LogP contribution in [-0.2, 0) is 17.6 Å². The molecule has 0 unspecified atom stereocenters. The Bertz CT molecular complexity index is 1020. The molecular weight excluding hydrogens is 366 g/mol. The molecule has 4 rings (SSSR count). The number of pyridine rings is 1. The number of aryl methyl sites for hydroxylation is 1. The third-order valence-electron chi connectivity index (χ3n) is 4.86. The SMILES string of the molecule is CC(C)(C)OC(=O)N1CCCc2ccc(CCOc3ccc4[nH]ccc4c3)nc21. The van der Waals surface area contributed by atoms with Crippen LogP contribution < -0.4 is 9.64 Å². The van der Waals surface area contributed by atoms with Crippen LogP contribution in [0.4, 0.5) is 10.6 Å². The lowest BCUT2D eigenvalue weighted by atomic mass is 10.1. The number of benzene rings is 1. The third kappa shape index (κ3) is 4.53. The van der Waals surface area contributed by atoms with Crippen molar-refractivity contribution in [2.75, 3.05) is 18.1 Å². The Morgan fingerprint density at radius 1 is 1.21 bits per heavy atom. The maximum absolute atomic E-state index is 12.6. The molecule has 3 aromatic rings. The fourth-order valence-corrected chi connectivity index (χ4v) is 3.51. The number of anilines is 1. The van der Waals surface area contributed by atoms with E-state index in [4.69, 9.17) is 14.5 Å². The van der Waals surface area contributed by atoms with Crippen LogP contribution in [0.3, 0.4) is 0 Å². The summed E-state index contributed by atoms with van der Waals surface area (Å²) in [5.74, 6) is 1.56. The molecule has 6 nitrogen and oxygen atoms in total. The molecule has 0 atom stereocenters. The molecule has 0 aliphatic carbocycles. The molecule has 152 valence electrons. The Labute approximate surface area is 170 Å². The van der Waals surface area contributed by atoms with Crippen molar-refractivity contribution in [3.05, 3.63) is 53.9 Å². The second-order valence-corrected chi connectivity index (χ2v) is 8.35. The van der Waals surface area contributed by atoms with E-state index in [-0.39, 0.29) is 6.09 Å². The second kappa shape index (κ2) is 7.78. The van der Waals surface area contributed by atoms with Gasteiger partial charge in [0.25, 0.3) is 0 Å². The quantitative estimate of drug-likeness (QED) is 0.686. The van der Waals surface area contributed by atoms with Crippen molar-refractivity contribution in [3.8, 4) is 5.75 Å². The first-order valence-corrected chi connectivity index (χ1v) is 10.1. The van der Waals surface area contributed by atoms with Crippen molar-refractivity contribution >= 4 is 22.8 Å². The summed E-state index contributed by atoms with van der Waals surface area (Å²) in [5, 5.41) is 1.13. The van der Waals surface area contributed by atoms with Gasteiger partial charge >= 0.3 is 6.09 Å². The van der Waals surface area contributed by atoms with Crippen LogP contribution >= 0.6 is 0 Å². The zero-order valence-corrected chi connectivity index (χ0v) is 17.2. The van der Waals surface area contributed by atoms with Crippen LogP contribution in [0.15, 0.2) is 42.6 Å². The van der Waals surface area contributed by atoms with Crippen molar-refractivity contribution < 1.29 is 14.3 Å². The van der Waals surface area contributed by atoms with Crippen LogP contribution in [0.5, 0.6) is 5.75 Å². The predicted molar refractivity (Wildman–Crippen MR) is 114 cm³/mol. The van der Waals surface area contributed by atoms with Crippen molar-refractivity contribution in [2.45, 2.75) is 45.6 Å². The molecule has 1 N–H and O–H groups in total. The lowest BCUT2D eigenvalue weighted by Crippen LogP contribution is -2.40. The smallest absolute Gasteiger partial charge is 0.416 e. The van der Waals surface area contributed by atoms with E-state index in [2.05, 4.69) is 11.1 Å². The lowest BCUT2D eigenvalue weighted by molar-refractivity contribution is 0.0576. The minimum absolute atomic E-state index is 0.334. The molecule has 0 saturated carbocycles. The van der Waals surface area contributed by atoms with Gasteiger partial charge in [0, 0.05) is 35.8 Å². The second-order valence-electron chi connectivity index (χ2n) is 8.35. The van der Waals surface area contributed by atoms with Crippen molar-refractivity contribution in [3.63, 3.8) is 0 Å². The number of nitrogens with one attached hydrogen (secondary N) is 1. The van der Waals surface area contributed by atoms with E-state index < -0.39 is 5.60 Å². The Hall–Kier alpha value is -3.02. The Kier molecular flexibility index (Phi) is 5.18. The van der Waals surface area contributed by atoms with Crippen molar-refractivity contribution in [2.24, 2.45) is 0 Å². The van der Waals surface area contributed by atoms with E-state index in [1.807, 2.05) is 57.3 Å². The van der Waals surface area contributed by atoms with Gasteiger partial charge < -0.3 is 14.5 Å². The van der Waals surface area contributed by atoms with Crippen LogP contribution in [0.1, 0.15) is 38.4 Å². The molecule has 6 heteroatoms. The van der Waals surface area contributed by atoms with Gasteiger partial charge in [-0.25, -0.2) is 9.78 Å². The minimum Gasteiger partial charge on any atom is -0.493 e. The van der Waals surface area contributed by atoms with E-state index in [0.29, 0.717) is 19.6 Å². The topological polar surface area (TPSA) is 67.4 Å². The number of aromatic nitrogens is 2. The molecular formula is C23H27N3O3. The van der Waals surface area contributed by atoms with Crippen molar-refractivity contribution in [1.82, 2.24) is 9.97 Å². The molecule has 0 spiro atoms. The monoisotopic (exact) mass is 393 g/mol. The number of aromatic amines is 1. The lowest BCUT2D eigenvalue weighted by Gasteiger charge is -2.31. The molecule has 0 radical (unpaired) electrons. The highest BCUT2D eigenvalue weighted by Gasteiger charge is 2.28. The average molecular weight is 393 g/mol. The van der Waals surface area contributed by atoms with Gasteiger partial charge in [-0.05, 0) is 69.5 Å². The molecule has 29 heavy (non-hydrogen) atoms. The number of fused-ring (bicyclic) bond motifs is 2. The van der Waals surface area contributed by atoms with Gasteiger partial charge in [-0.1, -0.05) is 6.07 Å². The summed E-state index contributed by atoms with van der Waals surface area (Å²) >= 11 is 0. The zero-order chi connectivity index (χ0) is 20.4. The van der Waals surface area contributed by atoms with Crippen LogP contribution in [-0.4, -0.2) is 34.8 Å². The molecule has 2 aromatic heterocycles. The Morgan fingerprint density at radius 2 is 2.07 bits per heavy atom. The number of nitrogens with zero attached hydrogens (tertiary/aromatic N) is 2. The van der Waals surface area contributed by atoms with Gasteiger partial charge in [-0.3, -0.25) is 4.90 Å². The molecule has 1 aliphatic rings. The van der Waals surface area contributed by atoms with Gasteiger partial charge in [-0.15, -0.1) is 0 Å². The van der Waals surface area contributed by atoms with Gasteiger partial charge in [-0.2, -0.15) is 0 Å². The Balaban J connectivity index is 1.43. The first-order chi connectivity index (χ1) is 13.9. The largest absolute Gasteiger partial charge is 0.493 e. The summed E-state index contributed by atoms with van der Waals surface area (Å²) in [5.41, 5.74) is 2.56. The van der Waals surface area contributed by atoms with Crippen molar-refractivity contribution in [1.29, 1.82) is 0 Å². The summed E-state index contributed by atoms with van der Waals surface area (Å²) < 4.78 is 11.5.